The van der Waals surface area contributed by atoms with Crippen molar-refractivity contribution in [1.29, 1.82) is 0 Å². The van der Waals surface area contributed by atoms with Crippen LogP contribution in [0.3, 0.4) is 0 Å². The summed E-state index contributed by atoms with van der Waals surface area (Å²) >= 11 is 7.21. The van der Waals surface area contributed by atoms with E-state index < -0.39 is 18.0 Å². The van der Waals surface area contributed by atoms with Gasteiger partial charge in [-0.1, -0.05) is 48.0 Å². The Morgan fingerprint density at radius 3 is 2.54 bits per heavy atom. The zero-order chi connectivity index (χ0) is 24.4. The zero-order valence-electron chi connectivity index (χ0n) is 18.4. The molecule has 5 aromatic rings. The molecular formula is C26H18ClN3O4S. The number of hydrogen-bond acceptors (Lipinski definition) is 7. The van der Waals surface area contributed by atoms with Crippen LogP contribution in [-0.4, -0.2) is 27.9 Å². The minimum absolute atomic E-state index is 0.248. The van der Waals surface area contributed by atoms with Gasteiger partial charge in [0.2, 0.25) is 5.89 Å². The lowest BCUT2D eigenvalue weighted by molar-refractivity contribution is -0.123. The number of amides is 1. The van der Waals surface area contributed by atoms with Crippen molar-refractivity contribution in [2.24, 2.45) is 0 Å². The Morgan fingerprint density at radius 2 is 1.74 bits per heavy atom. The molecule has 1 N–H and O–H groups in total. The highest BCUT2D eigenvalue weighted by Crippen LogP contribution is 2.28. The number of para-hydroxylation sites is 2. The molecule has 0 radical (unpaired) electrons. The Morgan fingerprint density at radius 1 is 1.00 bits per heavy atom. The number of hydrogen-bond donors (Lipinski definition) is 1. The summed E-state index contributed by atoms with van der Waals surface area (Å²) in [5.41, 5.74) is 3.60. The van der Waals surface area contributed by atoms with Crippen LogP contribution in [0.1, 0.15) is 17.3 Å². The number of anilines is 1. The van der Waals surface area contributed by atoms with Gasteiger partial charge in [-0.05, 0) is 43.3 Å². The largest absolute Gasteiger partial charge is 0.449 e. The van der Waals surface area contributed by atoms with Gasteiger partial charge in [-0.15, -0.1) is 11.3 Å². The first-order chi connectivity index (χ1) is 17.0. The van der Waals surface area contributed by atoms with Gasteiger partial charge in [-0.25, -0.2) is 14.8 Å². The zero-order valence-corrected chi connectivity index (χ0v) is 20.0. The fourth-order valence-corrected chi connectivity index (χ4v) is 4.25. The number of esters is 1. The summed E-state index contributed by atoms with van der Waals surface area (Å²) < 4.78 is 11.3. The number of nitrogens with one attached hydrogen (secondary N) is 1. The van der Waals surface area contributed by atoms with Crippen LogP contribution in [0.15, 0.2) is 82.6 Å². The monoisotopic (exact) mass is 503 g/mol. The standard InChI is InChI=1S/C26H18ClN3O4S/c1-15(23(31)30-26-29-21(14-35-26)16-10-12-17(27)13-11-16)33-25(32)19-7-3-2-6-18(19)24-28-20-8-4-5-9-22(20)34-24/h2-15H,1H3,(H,29,30,31). The van der Waals surface area contributed by atoms with Gasteiger partial charge in [0, 0.05) is 16.0 Å². The lowest BCUT2D eigenvalue weighted by Crippen LogP contribution is -2.30. The number of ether oxygens (including phenoxy) is 1. The van der Waals surface area contributed by atoms with Gasteiger partial charge in [0.15, 0.2) is 16.8 Å². The van der Waals surface area contributed by atoms with Gasteiger partial charge in [-0.2, -0.15) is 0 Å². The molecule has 1 unspecified atom stereocenters. The van der Waals surface area contributed by atoms with Gasteiger partial charge in [0.25, 0.3) is 5.91 Å². The molecule has 5 rings (SSSR count). The molecule has 0 spiro atoms. The third kappa shape index (κ3) is 4.94. The molecule has 0 aliphatic rings. The van der Waals surface area contributed by atoms with Crippen LogP contribution in [0.4, 0.5) is 5.13 Å². The van der Waals surface area contributed by atoms with Crippen LogP contribution in [0.5, 0.6) is 0 Å². The number of carbonyl (C=O) groups is 2. The van der Waals surface area contributed by atoms with Gasteiger partial charge in [0.05, 0.1) is 16.8 Å². The van der Waals surface area contributed by atoms with E-state index in [2.05, 4.69) is 15.3 Å². The molecule has 2 heterocycles. The molecule has 7 nitrogen and oxygen atoms in total. The van der Waals surface area contributed by atoms with Crippen molar-refractivity contribution in [3.8, 4) is 22.7 Å². The molecule has 9 heteroatoms. The Kier molecular flexibility index (Phi) is 6.31. The maximum absolute atomic E-state index is 12.9. The molecular weight excluding hydrogens is 486 g/mol. The molecule has 2 aromatic heterocycles. The third-order valence-electron chi connectivity index (χ3n) is 5.20. The molecule has 0 saturated heterocycles. The predicted octanol–water partition coefficient (Wildman–Crippen LogP) is 6.46. The SMILES string of the molecule is CC(OC(=O)c1ccccc1-c1nc2ccccc2o1)C(=O)Nc1nc(-c2ccc(Cl)cc2)cs1. The highest BCUT2D eigenvalue weighted by atomic mass is 35.5. The van der Waals surface area contributed by atoms with Crippen LogP contribution >= 0.6 is 22.9 Å². The number of carbonyl (C=O) groups excluding carboxylic acids is 2. The van der Waals surface area contributed by atoms with E-state index in [-0.39, 0.29) is 5.56 Å². The fourth-order valence-electron chi connectivity index (χ4n) is 3.40. The average molecular weight is 504 g/mol. The summed E-state index contributed by atoms with van der Waals surface area (Å²) in [4.78, 5) is 34.5. The van der Waals surface area contributed by atoms with Crippen LogP contribution in [0.25, 0.3) is 33.8 Å². The molecule has 0 saturated carbocycles. The van der Waals surface area contributed by atoms with Gasteiger partial charge < -0.3 is 9.15 Å². The molecule has 0 aliphatic heterocycles. The summed E-state index contributed by atoms with van der Waals surface area (Å²) in [5.74, 6) is -0.852. The molecule has 35 heavy (non-hydrogen) atoms. The van der Waals surface area contributed by atoms with E-state index in [0.29, 0.717) is 38.4 Å². The number of rotatable bonds is 6. The molecule has 1 atom stereocenters. The van der Waals surface area contributed by atoms with Gasteiger partial charge in [-0.3, -0.25) is 10.1 Å². The number of thiazole rings is 1. The average Bonchev–Trinajstić information content (AvgIpc) is 3.51. The highest BCUT2D eigenvalue weighted by Gasteiger charge is 2.23. The van der Waals surface area contributed by atoms with Crippen molar-refractivity contribution >= 4 is 51.0 Å². The number of oxazole rings is 1. The van der Waals surface area contributed by atoms with Gasteiger partial charge >= 0.3 is 5.97 Å². The second-order valence-corrected chi connectivity index (χ2v) is 8.91. The number of aromatic nitrogens is 2. The highest BCUT2D eigenvalue weighted by molar-refractivity contribution is 7.14. The quantitative estimate of drug-likeness (QED) is 0.267. The second kappa shape index (κ2) is 9.69. The third-order valence-corrected chi connectivity index (χ3v) is 6.21. The molecule has 3 aromatic carbocycles. The molecule has 174 valence electrons. The number of nitrogens with zero attached hydrogens (tertiary/aromatic N) is 2. The first-order valence-electron chi connectivity index (χ1n) is 10.7. The summed E-state index contributed by atoms with van der Waals surface area (Å²) in [5, 5.41) is 5.55. The van der Waals surface area contributed by atoms with Crippen LogP contribution in [0, 0.1) is 0 Å². The Hall–Kier alpha value is -4.01. The summed E-state index contributed by atoms with van der Waals surface area (Å²) in [6, 6.07) is 21.4. The molecule has 0 bridgehead atoms. The van der Waals surface area contributed by atoms with E-state index in [1.165, 1.54) is 18.3 Å². The summed E-state index contributed by atoms with van der Waals surface area (Å²) in [6.07, 6.45) is -1.05. The van der Waals surface area contributed by atoms with Gasteiger partial charge in [0.1, 0.15) is 5.52 Å². The molecule has 0 aliphatic carbocycles. The second-order valence-electron chi connectivity index (χ2n) is 7.61. The number of benzene rings is 3. The van der Waals surface area contributed by atoms with Crippen LogP contribution in [-0.2, 0) is 9.53 Å². The Labute approximate surface area is 209 Å². The first kappa shape index (κ1) is 22.8. The topological polar surface area (TPSA) is 94.3 Å². The van der Waals surface area contributed by atoms with Crippen molar-refractivity contribution < 1.29 is 18.7 Å². The minimum atomic E-state index is -1.05. The molecule has 0 fully saturated rings. The maximum atomic E-state index is 12.9. The minimum Gasteiger partial charge on any atom is -0.449 e. The normalized spacial score (nSPS) is 11.8. The smallest absolute Gasteiger partial charge is 0.339 e. The van der Waals surface area contributed by atoms with Crippen molar-refractivity contribution in [2.75, 3.05) is 5.32 Å². The van der Waals surface area contributed by atoms with Crippen molar-refractivity contribution in [1.82, 2.24) is 9.97 Å². The van der Waals surface area contributed by atoms with E-state index in [4.69, 9.17) is 20.8 Å². The first-order valence-corrected chi connectivity index (χ1v) is 11.9. The Balaban J connectivity index is 1.28. The lowest BCUT2D eigenvalue weighted by Gasteiger charge is -2.13. The molecule has 1 amide bonds. The van der Waals surface area contributed by atoms with Crippen molar-refractivity contribution in [3.05, 3.63) is 88.8 Å². The predicted molar refractivity (Wildman–Crippen MR) is 136 cm³/mol. The Bertz CT molecular complexity index is 1490. The van der Waals surface area contributed by atoms with E-state index in [9.17, 15) is 9.59 Å². The number of fused-ring (bicyclic) bond motifs is 1. The summed E-state index contributed by atoms with van der Waals surface area (Å²) in [6.45, 7) is 1.50. The fraction of sp³-hybridized carbons (Fsp3) is 0.0769. The van der Waals surface area contributed by atoms with Crippen molar-refractivity contribution in [3.63, 3.8) is 0 Å². The van der Waals surface area contributed by atoms with E-state index in [0.717, 1.165) is 5.56 Å². The summed E-state index contributed by atoms with van der Waals surface area (Å²) in [7, 11) is 0. The maximum Gasteiger partial charge on any atom is 0.339 e. The van der Waals surface area contributed by atoms with Crippen LogP contribution < -0.4 is 5.32 Å². The number of halogens is 1. The van der Waals surface area contributed by atoms with E-state index in [1.54, 1.807) is 42.5 Å². The van der Waals surface area contributed by atoms with E-state index in [1.807, 2.05) is 35.7 Å². The van der Waals surface area contributed by atoms with Crippen LogP contribution in [0.2, 0.25) is 5.02 Å². The lowest BCUT2D eigenvalue weighted by atomic mass is 10.1. The van der Waals surface area contributed by atoms with E-state index >= 15 is 0 Å². The van der Waals surface area contributed by atoms with Crippen molar-refractivity contribution in [2.45, 2.75) is 13.0 Å².